The molecule has 1 rings (SSSR count). The number of rotatable bonds is 6. The first-order chi connectivity index (χ1) is 7.61. The van der Waals surface area contributed by atoms with Crippen LogP contribution in [0.1, 0.15) is 32.5 Å². The predicted molar refractivity (Wildman–Crippen MR) is 61.1 cm³/mol. The Morgan fingerprint density at radius 1 is 1.56 bits per heavy atom. The number of esters is 1. The molecule has 0 bridgehead atoms. The lowest BCUT2D eigenvalue weighted by atomic mass is 10.4. The van der Waals surface area contributed by atoms with Gasteiger partial charge in [-0.1, -0.05) is 19.0 Å². The van der Waals surface area contributed by atoms with E-state index in [-0.39, 0.29) is 12.4 Å². The Balaban J connectivity index is 2.42. The first-order valence-corrected chi connectivity index (χ1v) is 6.25. The van der Waals surface area contributed by atoms with Gasteiger partial charge in [-0.25, -0.2) is 0 Å². The molecule has 1 heterocycles. The smallest absolute Gasteiger partial charge is 0.315 e. The third-order valence-corrected chi connectivity index (χ3v) is 2.75. The summed E-state index contributed by atoms with van der Waals surface area (Å²) >= 11 is 1.73. The lowest BCUT2D eigenvalue weighted by Crippen LogP contribution is -2.07. The van der Waals surface area contributed by atoms with Gasteiger partial charge in [-0.05, 0) is 12.2 Å². The molecule has 0 saturated carbocycles. The molecule has 0 fully saturated rings. The summed E-state index contributed by atoms with van der Waals surface area (Å²) < 4.78 is 9.72. The molecule has 0 aliphatic heterocycles. The van der Waals surface area contributed by atoms with Crippen molar-refractivity contribution in [3.8, 4) is 0 Å². The third kappa shape index (κ3) is 4.65. The van der Waals surface area contributed by atoms with Crippen molar-refractivity contribution in [1.82, 2.24) is 10.1 Å². The Kier molecular flexibility index (Phi) is 5.31. The molecular formula is C10H16N2O3S. The van der Waals surface area contributed by atoms with E-state index in [1.54, 1.807) is 18.7 Å². The van der Waals surface area contributed by atoms with Crippen molar-refractivity contribution in [2.75, 3.05) is 6.61 Å². The lowest BCUT2D eigenvalue weighted by Gasteiger charge is -1.99. The minimum Gasteiger partial charge on any atom is -0.466 e. The van der Waals surface area contributed by atoms with E-state index in [4.69, 9.17) is 9.26 Å². The maximum atomic E-state index is 11.1. The van der Waals surface area contributed by atoms with E-state index in [9.17, 15) is 4.79 Å². The standard InChI is InChI=1S/C10H16N2O3S/c1-4-14-10(13)5-9-11-8(12-15-9)6-16-7(2)3/h7H,4-6H2,1-3H3. The van der Waals surface area contributed by atoms with Crippen LogP contribution in [0.2, 0.25) is 0 Å². The molecule has 6 heteroatoms. The Morgan fingerprint density at radius 3 is 2.94 bits per heavy atom. The van der Waals surface area contributed by atoms with E-state index in [0.717, 1.165) is 0 Å². The SMILES string of the molecule is CCOC(=O)Cc1nc(CSC(C)C)no1. The van der Waals surface area contributed by atoms with Crippen LogP contribution in [0.25, 0.3) is 0 Å². The summed E-state index contributed by atoms with van der Waals surface area (Å²) in [6, 6.07) is 0. The molecule has 0 unspecified atom stereocenters. The average Bonchev–Trinajstić information content (AvgIpc) is 2.63. The molecule has 0 amide bonds. The lowest BCUT2D eigenvalue weighted by molar-refractivity contribution is -0.142. The Bertz CT molecular complexity index is 339. The van der Waals surface area contributed by atoms with Gasteiger partial charge in [-0.2, -0.15) is 16.7 Å². The van der Waals surface area contributed by atoms with Gasteiger partial charge >= 0.3 is 5.97 Å². The molecule has 0 radical (unpaired) electrons. The second-order valence-corrected chi connectivity index (χ2v) is 5.01. The van der Waals surface area contributed by atoms with Crippen molar-refractivity contribution in [2.45, 2.75) is 38.2 Å². The molecule has 0 saturated heterocycles. The quantitative estimate of drug-likeness (QED) is 0.711. The van der Waals surface area contributed by atoms with Crippen molar-refractivity contribution in [1.29, 1.82) is 0 Å². The summed E-state index contributed by atoms with van der Waals surface area (Å²) in [4.78, 5) is 15.2. The predicted octanol–water partition coefficient (Wildman–Crippen LogP) is 1.82. The molecular weight excluding hydrogens is 228 g/mol. The first-order valence-electron chi connectivity index (χ1n) is 5.20. The Hall–Kier alpha value is -1.04. The van der Waals surface area contributed by atoms with Gasteiger partial charge in [0.2, 0.25) is 5.89 Å². The van der Waals surface area contributed by atoms with Gasteiger partial charge < -0.3 is 9.26 Å². The van der Waals surface area contributed by atoms with E-state index in [1.807, 2.05) is 0 Å². The molecule has 16 heavy (non-hydrogen) atoms. The zero-order valence-corrected chi connectivity index (χ0v) is 10.5. The van der Waals surface area contributed by atoms with Crippen LogP contribution in [0.15, 0.2) is 4.52 Å². The van der Waals surface area contributed by atoms with Crippen LogP contribution in [-0.4, -0.2) is 28.0 Å². The Labute approximate surface area is 98.9 Å². The van der Waals surface area contributed by atoms with Crippen LogP contribution in [-0.2, 0) is 21.7 Å². The number of hydrogen-bond donors (Lipinski definition) is 0. The van der Waals surface area contributed by atoms with Crippen LogP contribution in [0.5, 0.6) is 0 Å². The van der Waals surface area contributed by atoms with Crippen molar-refractivity contribution < 1.29 is 14.1 Å². The highest BCUT2D eigenvalue weighted by atomic mass is 32.2. The van der Waals surface area contributed by atoms with Crippen molar-refractivity contribution in [3.05, 3.63) is 11.7 Å². The van der Waals surface area contributed by atoms with Gasteiger partial charge in [0.05, 0.1) is 12.4 Å². The second kappa shape index (κ2) is 6.52. The molecule has 0 aromatic carbocycles. The second-order valence-electron chi connectivity index (χ2n) is 3.45. The fourth-order valence-corrected chi connectivity index (χ4v) is 1.60. The molecule has 0 spiro atoms. The normalized spacial score (nSPS) is 10.8. The fraction of sp³-hybridized carbons (Fsp3) is 0.700. The zero-order chi connectivity index (χ0) is 12.0. The highest BCUT2D eigenvalue weighted by Gasteiger charge is 2.12. The summed E-state index contributed by atoms with van der Waals surface area (Å²) in [7, 11) is 0. The topological polar surface area (TPSA) is 65.2 Å². The van der Waals surface area contributed by atoms with E-state index < -0.39 is 0 Å². The van der Waals surface area contributed by atoms with Crippen LogP contribution >= 0.6 is 11.8 Å². The molecule has 0 aliphatic rings. The van der Waals surface area contributed by atoms with Gasteiger partial charge in [-0.3, -0.25) is 4.79 Å². The molecule has 0 atom stereocenters. The summed E-state index contributed by atoms with van der Waals surface area (Å²) in [6.07, 6.45) is 0.0488. The fourth-order valence-electron chi connectivity index (χ4n) is 0.997. The molecule has 90 valence electrons. The van der Waals surface area contributed by atoms with Crippen molar-refractivity contribution >= 4 is 17.7 Å². The van der Waals surface area contributed by atoms with E-state index in [0.29, 0.717) is 29.3 Å². The van der Waals surface area contributed by atoms with Gasteiger partial charge in [-0.15, -0.1) is 0 Å². The minimum atomic E-state index is -0.339. The molecule has 1 aromatic heterocycles. The molecule has 5 nitrogen and oxygen atoms in total. The van der Waals surface area contributed by atoms with E-state index in [1.165, 1.54) is 0 Å². The number of carbonyl (C=O) groups is 1. The highest BCUT2D eigenvalue weighted by molar-refractivity contribution is 7.99. The summed E-state index contributed by atoms with van der Waals surface area (Å²) in [5, 5.41) is 4.31. The summed E-state index contributed by atoms with van der Waals surface area (Å²) in [5.41, 5.74) is 0. The number of thioether (sulfide) groups is 1. The Morgan fingerprint density at radius 2 is 2.31 bits per heavy atom. The summed E-state index contributed by atoms with van der Waals surface area (Å²) in [5.74, 6) is 1.30. The van der Waals surface area contributed by atoms with Crippen LogP contribution in [0.3, 0.4) is 0 Å². The van der Waals surface area contributed by atoms with Crippen molar-refractivity contribution in [3.63, 3.8) is 0 Å². The largest absolute Gasteiger partial charge is 0.466 e. The monoisotopic (exact) mass is 244 g/mol. The van der Waals surface area contributed by atoms with E-state index in [2.05, 4.69) is 24.0 Å². The minimum absolute atomic E-state index is 0.0488. The maximum Gasteiger partial charge on any atom is 0.315 e. The first kappa shape index (κ1) is 13.0. The maximum absolute atomic E-state index is 11.1. The number of ether oxygens (including phenoxy) is 1. The molecule has 0 N–H and O–H groups in total. The van der Waals surface area contributed by atoms with Gasteiger partial charge in [0.15, 0.2) is 5.82 Å². The number of aromatic nitrogens is 2. The van der Waals surface area contributed by atoms with Crippen LogP contribution in [0, 0.1) is 0 Å². The van der Waals surface area contributed by atoms with Crippen molar-refractivity contribution in [2.24, 2.45) is 0 Å². The number of hydrogen-bond acceptors (Lipinski definition) is 6. The summed E-state index contributed by atoms with van der Waals surface area (Å²) in [6.45, 7) is 6.33. The van der Waals surface area contributed by atoms with Crippen LogP contribution < -0.4 is 0 Å². The molecule has 1 aromatic rings. The third-order valence-electron chi connectivity index (χ3n) is 1.66. The average molecular weight is 244 g/mol. The highest BCUT2D eigenvalue weighted by Crippen LogP contribution is 2.14. The number of nitrogens with zero attached hydrogens (tertiary/aromatic N) is 2. The van der Waals surface area contributed by atoms with E-state index >= 15 is 0 Å². The number of carbonyl (C=O) groups excluding carboxylic acids is 1. The van der Waals surface area contributed by atoms with Crippen LogP contribution in [0.4, 0.5) is 0 Å². The molecule has 0 aliphatic carbocycles. The van der Waals surface area contributed by atoms with Gasteiger partial charge in [0, 0.05) is 0 Å². The van der Waals surface area contributed by atoms with Gasteiger partial charge in [0.25, 0.3) is 0 Å². The van der Waals surface area contributed by atoms with Gasteiger partial charge in [0.1, 0.15) is 6.42 Å². The zero-order valence-electron chi connectivity index (χ0n) is 9.73.